The van der Waals surface area contributed by atoms with E-state index in [1.807, 2.05) is 29.2 Å². The number of carbonyl (C=O) groups is 2. The second-order valence-electron chi connectivity index (χ2n) is 7.12. The maximum Gasteiger partial charge on any atom is 0.253 e. The van der Waals surface area contributed by atoms with Crippen molar-refractivity contribution < 1.29 is 14.3 Å². The van der Waals surface area contributed by atoms with Crippen molar-refractivity contribution in [2.24, 2.45) is 5.92 Å². The molecule has 1 saturated heterocycles. The summed E-state index contributed by atoms with van der Waals surface area (Å²) in [4.78, 5) is 26.6. The first-order valence-corrected chi connectivity index (χ1v) is 9.58. The highest BCUT2D eigenvalue weighted by molar-refractivity contribution is 6.02. The van der Waals surface area contributed by atoms with E-state index in [9.17, 15) is 9.59 Å². The van der Waals surface area contributed by atoms with Crippen molar-refractivity contribution in [1.82, 2.24) is 4.90 Å². The average Bonchev–Trinajstić information content (AvgIpc) is 2.73. The predicted molar refractivity (Wildman–Crippen MR) is 111 cm³/mol. The number of amides is 2. The minimum Gasteiger partial charge on any atom is -0.496 e. The van der Waals surface area contributed by atoms with Crippen LogP contribution < -0.4 is 10.1 Å². The van der Waals surface area contributed by atoms with Gasteiger partial charge in [-0.3, -0.25) is 9.59 Å². The summed E-state index contributed by atoms with van der Waals surface area (Å²) in [5.41, 5.74) is 2.13. The third kappa shape index (κ3) is 5.00. The molecule has 0 saturated carbocycles. The van der Waals surface area contributed by atoms with Crippen molar-refractivity contribution in [3.63, 3.8) is 0 Å². The van der Waals surface area contributed by atoms with Gasteiger partial charge >= 0.3 is 0 Å². The lowest BCUT2D eigenvalue weighted by Crippen LogP contribution is -2.37. The molecule has 1 heterocycles. The van der Waals surface area contributed by atoms with E-state index >= 15 is 0 Å². The molecule has 1 aliphatic rings. The largest absolute Gasteiger partial charge is 0.496 e. The predicted octanol–water partition coefficient (Wildman–Crippen LogP) is 4.22. The van der Waals surface area contributed by atoms with Crippen LogP contribution in [0.4, 0.5) is 5.69 Å². The number of hydrogen-bond acceptors (Lipinski definition) is 3. The number of benzene rings is 2. The second kappa shape index (κ2) is 9.22. The fourth-order valence-electron chi connectivity index (χ4n) is 3.24. The molecule has 5 nitrogen and oxygen atoms in total. The van der Waals surface area contributed by atoms with Crippen LogP contribution in [0.3, 0.4) is 0 Å². The van der Waals surface area contributed by atoms with Crippen molar-refractivity contribution in [3.05, 3.63) is 65.7 Å². The molecular formula is C23H26N2O3. The first kappa shape index (κ1) is 19.7. The molecule has 28 heavy (non-hydrogen) atoms. The Morgan fingerprint density at radius 1 is 1.07 bits per heavy atom. The maximum absolute atomic E-state index is 12.6. The Hall–Kier alpha value is -3.08. The summed E-state index contributed by atoms with van der Waals surface area (Å²) >= 11 is 0. The number of hydrogen-bond donors (Lipinski definition) is 1. The zero-order valence-corrected chi connectivity index (χ0v) is 16.4. The van der Waals surface area contributed by atoms with Crippen LogP contribution in [0.2, 0.25) is 0 Å². The maximum atomic E-state index is 12.6. The van der Waals surface area contributed by atoms with E-state index in [4.69, 9.17) is 4.74 Å². The van der Waals surface area contributed by atoms with Crippen molar-refractivity contribution in [1.29, 1.82) is 0 Å². The van der Waals surface area contributed by atoms with Crippen LogP contribution in [0.15, 0.2) is 54.6 Å². The van der Waals surface area contributed by atoms with E-state index in [1.54, 1.807) is 37.5 Å². The lowest BCUT2D eigenvalue weighted by Gasteiger charge is -2.30. The molecule has 1 fully saturated rings. The summed E-state index contributed by atoms with van der Waals surface area (Å²) in [5.74, 6) is 1.21. The van der Waals surface area contributed by atoms with E-state index < -0.39 is 0 Å². The third-order valence-electron chi connectivity index (χ3n) is 5.02. The standard InChI is InChI=1S/C23H26N2O3/c1-17-13-15-25(16-14-17)23(27)19-7-10-20(11-8-19)24-22(26)12-9-18-5-3-4-6-21(18)28-2/h3-12,17H,13-16H2,1-2H3,(H,24,26)/b12-9+. The Morgan fingerprint density at radius 3 is 2.43 bits per heavy atom. The fourth-order valence-corrected chi connectivity index (χ4v) is 3.24. The number of nitrogens with one attached hydrogen (secondary N) is 1. The van der Waals surface area contributed by atoms with E-state index in [1.165, 1.54) is 6.08 Å². The molecule has 0 aliphatic carbocycles. The molecule has 2 amide bonds. The number of likely N-dealkylation sites (tertiary alicyclic amines) is 1. The third-order valence-corrected chi connectivity index (χ3v) is 5.02. The van der Waals surface area contributed by atoms with Gasteiger partial charge in [0.05, 0.1) is 7.11 Å². The highest BCUT2D eigenvalue weighted by atomic mass is 16.5. The van der Waals surface area contributed by atoms with Gasteiger partial charge in [0.1, 0.15) is 5.75 Å². The molecule has 1 aliphatic heterocycles. The first-order chi connectivity index (χ1) is 13.6. The van der Waals surface area contributed by atoms with Crippen LogP contribution in [0.25, 0.3) is 6.08 Å². The summed E-state index contributed by atoms with van der Waals surface area (Å²) in [6, 6.07) is 14.5. The molecule has 2 aromatic carbocycles. The summed E-state index contributed by atoms with van der Waals surface area (Å²) in [6.45, 7) is 3.85. The lowest BCUT2D eigenvalue weighted by atomic mass is 9.98. The quantitative estimate of drug-likeness (QED) is 0.793. The molecule has 0 spiro atoms. The Bertz CT molecular complexity index is 850. The molecule has 146 valence electrons. The highest BCUT2D eigenvalue weighted by Crippen LogP contribution is 2.20. The van der Waals surface area contributed by atoms with Gasteiger partial charge in [-0.2, -0.15) is 0 Å². The van der Waals surface area contributed by atoms with E-state index in [0.717, 1.165) is 31.5 Å². The van der Waals surface area contributed by atoms with Crippen LogP contribution in [0, 0.1) is 5.92 Å². The van der Waals surface area contributed by atoms with Crippen molar-refractivity contribution in [2.45, 2.75) is 19.8 Å². The van der Waals surface area contributed by atoms with Gasteiger partial charge in [0.15, 0.2) is 0 Å². The normalized spacial score (nSPS) is 14.9. The number of rotatable bonds is 5. The van der Waals surface area contributed by atoms with Crippen LogP contribution in [0.5, 0.6) is 5.75 Å². The van der Waals surface area contributed by atoms with Gasteiger partial charge in [0.25, 0.3) is 5.91 Å². The number of ether oxygens (including phenoxy) is 1. The minimum absolute atomic E-state index is 0.0563. The fraction of sp³-hybridized carbons (Fsp3) is 0.304. The van der Waals surface area contributed by atoms with Gasteiger partial charge in [0, 0.05) is 36.0 Å². The van der Waals surface area contributed by atoms with Gasteiger partial charge in [-0.25, -0.2) is 0 Å². The number of piperidine rings is 1. The van der Waals surface area contributed by atoms with Crippen molar-refractivity contribution in [2.75, 3.05) is 25.5 Å². The van der Waals surface area contributed by atoms with E-state index in [2.05, 4.69) is 12.2 Å². The van der Waals surface area contributed by atoms with E-state index in [0.29, 0.717) is 22.9 Å². The number of para-hydroxylation sites is 1. The van der Waals surface area contributed by atoms with Crippen molar-refractivity contribution >= 4 is 23.6 Å². The first-order valence-electron chi connectivity index (χ1n) is 9.58. The van der Waals surface area contributed by atoms with Crippen LogP contribution in [0.1, 0.15) is 35.7 Å². The van der Waals surface area contributed by atoms with Gasteiger partial charge in [0.2, 0.25) is 5.91 Å². The molecule has 1 N–H and O–H groups in total. The lowest BCUT2D eigenvalue weighted by molar-refractivity contribution is -0.111. The minimum atomic E-state index is -0.241. The molecule has 2 aromatic rings. The molecular weight excluding hydrogens is 352 g/mol. The topological polar surface area (TPSA) is 58.6 Å². The molecule has 3 rings (SSSR count). The highest BCUT2D eigenvalue weighted by Gasteiger charge is 2.21. The second-order valence-corrected chi connectivity index (χ2v) is 7.12. The molecule has 0 radical (unpaired) electrons. The molecule has 0 unspecified atom stereocenters. The number of nitrogens with zero attached hydrogens (tertiary/aromatic N) is 1. The summed E-state index contributed by atoms with van der Waals surface area (Å²) in [6.07, 6.45) is 5.28. The van der Waals surface area contributed by atoms with Crippen LogP contribution >= 0.6 is 0 Å². The number of anilines is 1. The monoisotopic (exact) mass is 378 g/mol. The smallest absolute Gasteiger partial charge is 0.253 e. The summed E-state index contributed by atoms with van der Waals surface area (Å²) < 4.78 is 5.27. The van der Waals surface area contributed by atoms with Gasteiger partial charge < -0.3 is 15.0 Å². The Balaban J connectivity index is 1.58. The Labute approximate surface area is 166 Å². The summed E-state index contributed by atoms with van der Waals surface area (Å²) in [5, 5.41) is 2.81. The molecule has 0 aromatic heterocycles. The van der Waals surface area contributed by atoms with Gasteiger partial charge in [-0.1, -0.05) is 25.1 Å². The van der Waals surface area contributed by atoms with Crippen LogP contribution in [-0.4, -0.2) is 36.9 Å². The molecule has 0 bridgehead atoms. The SMILES string of the molecule is COc1ccccc1/C=C/C(=O)Nc1ccc(C(=O)N2CCC(C)CC2)cc1. The van der Waals surface area contributed by atoms with Gasteiger partial charge in [-0.15, -0.1) is 0 Å². The Kier molecular flexibility index (Phi) is 6.48. The zero-order chi connectivity index (χ0) is 19.9. The molecule has 0 atom stereocenters. The van der Waals surface area contributed by atoms with E-state index in [-0.39, 0.29) is 11.8 Å². The van der Waals surface area contributed by atoms with Gasteiger partial charge in [-0.05, 0) is 55.2 Å². The number of carbonyl (C=O) groups excluding carboxylic acids is 2. The zero-order valence-electron chi connectivity index (χ0n) is 16.4. The number of methoxy groups -OCH3 is 1. The van der Waals surface area contributed by atoms with Crippen molar-refractivity contribution in [3.8, 4) is 5.75 Å². The Morgan fingerprint density at radius 2 is 1.75 bits per heavy atom. The van der Waals surface area contributed by atoms with Crippen LogP contribution in [-0.2, 0) is 4.79 Å². The molecule has 5 heteroatoms. The average molecular weight is 378 g/mol. The summed E-state index contributed by atoms with van der Waals surface area (Å²) in [7, 11) is 1.60.